The Balaban J connectivity index is 1.86. The molecular weight excluding hydrogens is 666 g/mol. The average molecular weight is 720 g/mol. The van der Waals surface area contributed by atoms with Crippen molar-refractivity contribution in [1.29, 1.82) is 0 Å². The maximum atomic E-state index is 14.3. The van der Waals surface area contributed by atoms with Gasteiger partial charge in [0.1, 0.15) is 35.6 Å². The third-order valence-corrected chi connectivity index (χ3v) is 10.8. The number of nitrogens with zero attached hydrogens (tertiary/aromatic N) is 2. The highest BCUT2D eigenvalue weighted by Gasteiger charge is 2.57. The molecule has 4 rings (SSSR count). The number of ketones is 2. The summed E-state index contributed by atoms with van der Waals surface area (Å²) in [7, 11) is 3.61. The molecule has 0 aromatic carbocycles. The van der Waals surface area contributed by atoms with Crippen molar-refractivity contribution < 1.29 is 57.6 Å². The molecule has 0 radical (unpaired) electrons. The van der Waals surface area contributed by atoms with Crippen LogP contribution in [0.4, 0.5) is 9.59 Å². The fourth-order valence-corrected chi connectivity index (χ4v) is 7.93. The van der Waals surface area contributed by atoms with Crippen LogP contribution in [0, 0.1) is 23.7 Å². The molecule has 284 valence electrons. The van der Waals surface area contributed by atoms with Crippen LogP contribution >= 0.6 is 0 Å². The van der Waals surface area contributed by atoms with Crippen LogP contribution in [0.3, 0.4) is 0 Å². The molecule has 0 aliphatic carbocycles. The number of fused-ring (bicyclic) bond motifs is 1. The number of aromatic nitrogens is 1. The normalized spacial score (nSPS) is 39.7. The first kappa shape index (κ1) is 40.1. The third-order valence-electron chi connectivity index (χ3n) is 10.8. The number of amides is 1. The van der Waals surface area contributed by atoms with E-state index >= 15 is 0 Å². The Bertz CT molecular complexity index is 1490. The molecule has 4 heterocycles. The van der Waals surface area contributed by atoms with E-state index in [1.165, 1.54) is 39.2 Å². The Kier molecular flexibility index (Phi) is 12.2. The van der Waals surface area contributed by atoms with Crippen LogP contribution in [-0.4, -0.2) is 119 Å². The van der Waals surface area contributed by atoms with Crippen molar-refractivity contribution in [2.45, 2.75) is 129 Å². The number of carbonyl (C=O) groups is 6. The maximum Gasteiger partial charge on any atom is 0.418 e. The number of aliphatic hydroxyl groups excluding tert-OH is 1. The van der Waals surface area contributed by atoms with Gasteiger partial charge in [-0.2, -0.15) is 0 Å². The summed E-state index contributed by atoms with van der Waals surface area (Å²) in [6, 6.07) is 0.111. The molecule has 0 spiro atoms. The van der Waals surface area contributed by atoms with Crippen LogP contribution in [0.2, 0.25) is 0 Å². The smallest absolute Gasteiger partial charge is 0.418 e. The molecule has 0 saturated carbocycles. The first-order chi connectivity index (χ1) is 23.8. The van der Waals surface area contributed by atoms with Crippen LogP contribution in [-0.2, 0) is 38.1 Å². The van der Waals surface area contributed by atoms with Crippen LogP contribution in [0.15, 0.2) is 18.5 Å². The minimum atomic E-state index is -1.79. The van der Waals surface area contributed by atoms with E-state index in [-0.39, 0.29) is 30.3 Å². The summed E-state index contributed by atoms with van der Waals surface area (Å²) in [5.41, 5.74) is -3.03. The zero-order valence-electron chi connectivity index (χ0n) is 31.1. The van der Waals surface area contributed by atoms with E-state index in [2.05, 4.69) is 5.32 Å². The maximum absolute atomic E-state index is 14.3. The highest BCUT2D eigenvalue weighted by molar-refractivity contribution is 6.00. The molecule has 3 saturated heterocycles. The average Bonchev–Trinajstić information content (AvgIpc) is 3.68. The highest BCUT2D eigenvalue weighted by atomic mass is 16.7. The zero-order chi connectivity index (χ0) is 38.2. The topological polar surface area (TPSA) is 189 Å². The van der Waals surface area contributed by atoms with Gasteiger partial charge in [0.25, 0.3) is 0 Å². The largest absolute Gasteiger partial charge is 0.458 e. The quantitative estimate of drug-likeness (QED) is 0.189. The Morgan fingerprint density at radius 2 is 1.76 bits per heavy atom. The lowest BCUT2D eigenvalue weighted by Gasteiger charge is -2.47. The van der Waals surface area contributed by atoms with Crippen molar-refractivity contribution in [3.63, 3.8) is 0 Å². The molecule has 1 aromatic heterocycles. The SMILES string of the molecule is CC[C@H]1OC(=O)[C@H](C)C(=O)[C@H](C)[C@@H](O[C@@H]2O[C@H](C)C[C@H](N(C)C)[C@H]2O)[C@](C)(OC(=O)n2ccc(C=O)c2)C[C@@H](C)C(=O)[C@H](C)[C@H]2NC(=O)O[C@@]21C. The van der Waals surface area contributed by atoms with Crippen LogP contribution < -0.4 is 5.32 Å². The minimum absolute atomic E-state index is 0.185. The van der Waals surface area contributed by atoms with E-state index in [0.717, 1.165) is 4.57 Å². The van der Waals surface area contributed by atoms with E-state index in [4.69, 9.17) is 23.7 Å². The number of ether oxygens (including phenoxy) is 5. The number of nitrogens with one attached hydrogen (secondary N) is 1. The van der Waals surface area contributed by atoms with E-state index in [1.54, 1.807) is 41.8 Å². The molecule has 1 aromatic rings. The lowest BCUT2D eigenvalue weighted by atomic mass is 9.73. The molecule has 0 unspecified atom stereocenters. The minimum Gasteiger partial charge on any atom is -0.458 e. The lowest BCUT2D eigenvalue weighted by Crippen LogP contribution is -2.60. The van der Waals surface area contributed by atoms with Crippen molar-refractivity contribution in [1.82, 2.24) is 14.8 Å². The predicted molar refractivity (Wildman–Crippen MR) is 181 cm³/mol. The molecule has 15 heteroatoms. The molecule has 51 heavy (non-hydrogen) atoms. The van der Waals surface area contributed by atoms with Gasteiger partial charge in [0, 0.05) is 41.8 Å². The summed E-state index contributed by atoms with van der Waals surface area (Å²) in [5.74, 6) is -6.11. The summed E-state index contributed by atoms with van der Waals surface area (Å²) in [4.78, 5) is 81.9. The number of carbonyl (C=O) groups excluding carboxylic acids is 6. The van der Waals surface area contributed by atoms with E-state index < -0.39 is 95.5 Å². The fraction of sp³-hybridized carbons (Fsp3) is 0.722. The van der Waals surface area contributed by atoms with Gasteiger partial charge in [-0.3, -0.25) is 23.7 Å². The Hall–Kier alpha value is -3.66. The number of cyclic esters (lactones) is 1. The molecule has 2 N–H and O–H groups in total. The number of alkyl carbamates (subject to hydrolysis) is 1. The van der Waals surface area contributed by atoms with Gasteiger partial charge in [-0.25, -0.2) is 9.59 Å². The van der Waals surface area contributed by atoms with E-state index in [1.807, 2.05) is 11.8 Å². The Morgan fingerprint density at radius 1 is 1.10 bits per heavy atom. The summed E-state index contributed by atoms with van der Waals surface area (Å²) in [6.07, 6.45) is -3.27. The first-order valence-electron chi connectivity index (χ1n) is 17.6. The number of likely N-dealkylation sites (N-methyl/N-ethyl adjacent to an activating group) is 1. The molecule has 1 amide bonds. The third kappa shape index (κ3) is 8.06. The van der Waals surface area contributed by atoms with Gasteiger partial charge in [-0.05, 0) is 67.1 Å². The second-order valence-corrected chi connectivity index (χ2v) is 15.0. The highest BCUT2D eigenvalue weighted by Crippen LogP contribution is 2.40. The van der Waals surface area contributed by atoms with Crippen molar-refractivity contribution in [3.05, 3.63) is 24.0 Å². The van der Waals surface area contributed by atoms with Gasteiger partial charge in [-0.1, -0.05) is 27.7 Å². The molecular formula is C36H53N3O12. The molecule has 15 nitrogen and oxygen atoms in total. The Morgan fingerprint density at radius 3 is 2.35 bits per heavy atom. The summed E-state index contributed by atoms with van der Waals surface area (Å²) < 4.78 is 31.4. The predicted octanol–water partition coefficient (Wildman–Crippen LogP) is 3.13. The number of hydrogen-bond donors (Lipinski definition) is 2. The fourth-order valence-electron chi connectivity index (χ4n) is 7.93. The van der Waals surface area contributed by atoms with Crippen molar-refractivity contribution in [3.8, 4) is 0 Å². The first-order valence-corrected chi connectivity index (χ1v) is 17.6. The van der Waals surface area contributed by atoms with Crippen molar-refractivity contribution >= 4 is 36.0 Å². The van der Waals surface area contributed by atoms with Gasteiger partial charge >= 0.3 is 18.2 Å². The van der Waals surface area contributed by atoms with Gasteiger partial charge in [0.15, 0.2) is 24.0 Å². The van der Waals surface area contributed by atoms with E-state index in [9.17, 15) is 33.9 Å². The van der Waals surface area contributed by atoms with Crippen molar-refractivity contribution in [2.24, 2.45) is 23.7 Å². The van der Waals surface area contributed by atoms with Gasteiger partial charge in [-0.15, -0.1) is 0 Å². The standard InChI is InChI=1S/C36H53N3O12/c1-11-25-36(8)29(37-33(45)50-36)20(4)26(41)18(2)15-35(7,51-34(46)39-13-12-23(16-39)17-40)30(21(5)27(42)22(6)31(44)48-25)49-32-28(43)24(38(9)10)14-19(3)47-32/h12-13,16-22,24-25,28-30,32,43H,11,14-15H2,1-10H3,(H,37,45)/t18-,19-,20+,21+,22-,24+,25-,28-,29-,30-,32+,35-,36-/m1/s1. The van der Waals surface area contributed by atoms with Crippen LogP contribution in [0.5, 0.6) is 0 Å². The van der Waals surface area contributed by atoms with Gasteiger partial charge in [0.2, 0.25) is 0 Å². The number of hydrogen-bond acceptors (Lipinski definition) is 13. The lowest BCUT2D eigenvalue weighted by molar-refractivity contribution is -0.292. The number of aliphatic hydroxyl groups is 1. The molecule has 3 aliphatic heterocycles. The van der Waals surface area contributed by atoms with Crippen LogP contribution in [0.25, 0.3) is 0 Å². The number of esters is 1. The zero-order valence-corrected chi connectivity index (χ0v) is 31.1. The monoisotopic (exact) mass is 719 g/mol. The number of Topliss-reactive ketones (excluding diaryl/α,β-unsaturated/α-hetero) is 2. The van der Waals surface area contributed by atoms with Gasteiger partial charge in [0.05, 0.1) is 12.1 Å². The number of aldehydes is 1. The van der Waals surface area contributed by atoms with Crippen molar-refractivity contribution in [2.75, 3.05) is 14.1 Å². The summed E-state index contributed by atoms with van der Waals surface area (Å²) in [6.45, 7) is 12.9. The molecule has 0 bridgehead atoms. The second kappa shape index (κ2) is 15.5. The van der Waals surface area contributed by atoms with E-state index in [0.29, 0.717) is 12.7 Å². The molecule has 3 fully saturated rings. The summed E-state index contributed by atoms with van der Waals surface area (Å²) in [5, 5.41) is 14.2. The second-order valence-electron chi connectivity index (χ2n) is 15.0. The Labute approximate surface area is 298 Å². The number of rotatable bonds is 6. The molecule has 3 aliphatic rings. The van der Waals surface area contributed by atoms with Crippen LogP contribution in [0.1, 0.15) is 85.0 Å². The molecule has 13 atom stereocenters. The summed E-state index contributed by atoms with van der Waals surface area (Å²) >= 11 is 0. The van der Waals surface area contributed by atoms with Gasteiger partial charge < -0.3 is 39.0 Å².